The fourth-order valence-corrected chi connectivity index (χ4v) is 3.72. The van der Waals surface area contributed by atoms with Gasteiger partial charge >= 0.3 is 0 Å². The van der Waals surface area contributed by atoms with Gasteiger partial charge in [0.25, 0.3) is 0 Å². The van der Waals surface area contributed by atoms with Crippen molar-refractivity contribution in [3.63, 3.8) is 0 Å². The van der Waals surface area contributed by atoms with E-state index in [4.69, 9.17) is 11.5 Å². The molecular weight excluding hydrogens is 407 g/mol. The third-order valence-electron chi connectivity index (χ3n) is 3.91. The highest BCUT2D eigenvalue weighted by Crippen LogP contribution is 2.30. The zero-order chi connectivity index (χ0) is 14.7. The van der Waals surface area contributed by atoms with E-state index < -0.39 is 0 Å². The molecule has 0 radical (unpaired) electrons. The monoisotopic (exact) mass is 428 g/mol. The molecule has 0 saturated heterocycles. The van der Waals surface area contributed by atoms with Crippen LogP contribution < -0.4 is 11.5 Å². The molecule has 0 spiro atoms. The molecule has 4 nitrogen and oxygen atoms in total. The molecule has 4 N–H and O–H groups in total. The van der Waals surface area contributed by atoms with Crippen LogP contribution in [0, 0.1) is 0 Å². The molecule has 2 aromatic rings. The number of nitrogens with zero attached hydrogens (tertiary/aromatic N) is 2. The third-order valence-corrected chi connectivity index (χ3v) is 4.93. The molecule has 1 aliphatic rings. The van der Waals surface area contributed by atoms with E-state index in [1.807, 2.05) is 17.4 Å². The first-order chi connectivity index (χ1) is 10.2. The van der Waals surface area contributed by atoms with Crippen molar-refractivity contribution in [3.05, 3.63) is 57.8 Å². The van der Waals surface area contributed by atoms with E-state index >= 15 is 0 Å². The molecule has 6 heteroatoms. The summed E-state index contributed by atoms with van der Waals surface area (Å²) < 4.78 is 0. The van der Waals surface area contributed by atoms with Crippen molar-refractivity contribution < 1.29 is 0 Å². The Hall–Kier alpha value is -1.12. The molecule has 0 fully saturated rings. The summed E-state index contributed by atoms with van der Waals surface area (Å²) in [6.07, 6.45) is 1.11. The first-order valence-electron chi connectivity index (χ1n) is 7.13. The SMILES string of the molecule is I.NC(N)=NCC(c1ccccc1)N1CCc2sccc2C1. The van der Waals surface area contributed by atoms with Crippen LogP contribution in [0.3, 0.4) is 0 Å². The van der Waals surface area contributed by atoms with Crippen LogP contribution in [0.5, 0.6) is 0 Å². The Kier molecular flexibility index (Phi) is 6.22. The van der Waals surface area contributed by atoms with E-state index in [1.54, 1.807) is 0 Å². The lowest BCUT2D eigenvalue weighted by atomic mass is 10.0. The maximum absolute atomic E-state index is 5.52. The second kappa shape index (κ2) is 7.94. The van der Waals surface area contributed by atoms with Crippen LogP contribution in [0.2, 0.25) is 0 Å². The Morgan fingerprint density at radius 2 is 2.00 bits per heavy atom. The lowest BCUT2D eigenvalue weighted by molar-refractivity contribution is 0.185. The summed E-state index contributed by atoms with van der Waals surface area (Å²) in [6, 6.07) is 12.9. The zero-order valence-electron chi connectivity index (χ0n) is 12.3. The van der Waals surface area contributed by atoms with Crippen LogP contribution in [0.25, 0.3) is 0 Å². The number of thiophene rings is 1. The molecule has 0 bridgehead atoms. The van der Waals surface area contributed by atoms with Crippen molar-refractivity contribution in [2.75, 3.05) is 13.1 Å². The van der Waals surface area contributed by atoms with Gasteiger partial charge in [0.1, 0.15) is 0 Å². The van der Waals surface area contributed by atoms with Crippen molar-refractivity contribution >= 4 is 41.3 Å². The van der Waals surface area contributed by atoms with Gasteiger partial charge in [-0.3, -0.25) is 9.89 Å². The van der Waals surface area contributed by atoms with Gasteiger partial charge in [-0.1, -0.05) is 30.3 Å². The van der Waals surface area contributed by atoms with E-state index in [2.05, 4.69) is 45.6 Å². The van der Waals surface area contributed by atoms with Crippen molar-refractivity contribution in [2.45, 2.75) is 19.0 Å². The molecule has 0 aliphatic carbocycles. The lowest BCUT2D eigenvalue weighted by Gasteiger charge is -2.34. The molecule has 2 heterocycles. The highest BCUT2D eigenvalue weighted by atomic mass is 127. The van der Waals surface area contributed by atoms with Crippen molar-refractivity contribution in [1.29, 1.82) is 0 Å². The van der Waals surface area contributed by atoms with Crippen LogP contribution in [0.1, 0.15) is 22.0 Å². The van der Waals surface area contributed by atoms with Gasteiger partial charge < -0.3 is 11.5 Å². The van der Waals surface area contributed by atoms with E-state index in [9.17, 15) is 0 Å². The smallest absolute Gasteiger partial charge is 0.185 e. The maximum Gasteiger partial charge on any atom is 0.185 e. The Balaban J connectivity index is 0.00000176. The van der Waals surface area contributed by atoms with Crippen LogP contribution >= 0.6 is 35.3 Å². The minimum absolute atomic E-state index is 0. The molecule has 1 aliphatic heterocycles. The lowest BCUT2D eigenvalue weighted by Crippen LogP contribution is -2.36. The van der Waals surface area contributed by atoms with Crippen molar-refractivity contribution in [1.82, 2.24) is 4.90 Å². The summed E-state index contributed by atoms with van der Waals surface area (Å²) in [7, 11) is 0. The predicted octanol–water partition coefficient (Wildman–Crippen LogP) is 2.74. The molecule has 0 saturated carbocycles. The normalized spacial score (nSPS) is 15.5. The predicted molar refractivity (Wildman–Crippen MR) is 104 cm³/mol. The molecule has 1 unspecified atom stereocenters. The highest BCUT2D eigenvalue weighted by Gasteiger charge is 2.25. The third kappa shape index (κ3) is 3.99. The van der Waals surface area contributed by atoms with Gasteiger partial charge in [0.15, 0.2) is 5.96 Å². The number of nitrogens with two attached hydrogens (primary N) is 2. The summed E-state index contributed by atoms with van der Waals surface area (Å²) >= 11 is 1.86. The Morgan fingerprint density at radius 3 is 2.73 bits per heavy atom. The van der Waals surface area contributed by atoms with Crippen LogP contribution in [-0.2, 0) is 13.0 Å². The first-order valence-corrected chi connectivity index (χ1v) is 8.01. The first kappa shape index (κ1) is 17.2. The quantitative estimate of drug-likeness (QED) is 0.447. The molecule has 0 amide bonds. The summed E-state index contributed by atoms with van der Waals surface area (Å²) in [6.45, 7) is 2.62. The van der Waals surface area contributed by atoms with Crippen LogP contribution in [0.4, 0.5) is 0 Å². The Bertz CT molecular complexity index is 622. The molecule has 3 rings (SSSR count). The van der Waals surface area contributed by atoms with E-state index in [0.29, 0.717) is 6.54 Å². The number of benzene rings is 1. The topological polar surface area (TPSA) is 67.6 Å². The number of aliphatic imine (C=N–C) groups is 1. The zero-order valence-corrected chi connectivity index (χ0v) is 15.5. The average molecular weight is 428 g/mol. The van der Waals surface area contributed by atoms with Gasteiger partial charge in [-0.25, -0.2) is 0 Å². The van der Waals surface area contributed by atoms with Crippen molar-refractivity contribution in [3.8, 4) is 0 Å². The summed E-state index contributed by atoms with van der Waals surface area (Å²) in [5.74, 6) is 0.157. The highest BCUT2D eigenvalue weighted by molar-refractivity contribution is 14.0. The summed E-state index contributed by atoms with van der Waals surface area (Å²) in [5, 5.41) is 2.18. The van der Waals surface area contributed by atoms with Gasteiger partial charge in [-0.05, 0) is 29.0 Å². The largest absolute Gasteiger partial charge is 0.370 e. The molecule has 1 atom stereocenters. The second-order valence-electron chi connectivity index (χ2n) is 5.28. The number of hydrogen-bond acceptors (Lipinski definition) is 3. The molecule has 22 heavy (non-hydrogen) atoms. The van der Waals surface area contributed by atoms with E-state index in [0.717, 1.165) is 19.5 Å². The molecule has 1 aromatic carbocycles. The standard InChI is InChI=1S/C16H20N4S.HI/c17-16(18)19-10-14(12-4-2-1-3-5-12)20-8-6-15-13(11-20)7-9-21-15;/h1-5,7,9,14H,6,8,10-11H2,(H4,17,18,19);1H. The fourth-order valence-electron chi connectivity index (χ4n) is 2.84. The van der Waals surface area contributed by atoms with Crippen LogP contribution in [-0.4, -0.2) is 23.9 Å². The van der Waals surface area contributed by atoms with Gasteiger partial charge in [-0.15, -0.1) is 35.3 Å². The van der Waals surface area contributed by atoms with Gasteiger partial charge in [0.2, 0.25) is 0 Å². The summed E-state index contributed by atoms with van der Waals surface area (Å²) in [5.41, 5.74) is 13.7. The van der Waals surface area contributed by atoms with Gasteiger partial charge in [-0.2, -0.15) is 0 Å². The molecule has 118 valence electrons. The van der Waals surface area contributed by atoms with Crippen molar-refractivity contribution in [2.24, 2.45) is 16.5 Å². The number of rotatable bonds is 4. The van der Waals surface area contributed by atoms with Crippen LogP contribution in [0.15, 0.2) is 46.8 Å². The van der Waals surface area contributed by atoms with E-state index in [-0.39, 0.29) is 36.0 Å². The minimum Gasteiger partial charge on any atom is -0.370 e. The minimum atomic E-state index is 0. The second-order valence-corrected chi connectivity index (χ2v) is 6.28. The maximum atomic E-state index is 5.52. The summed E-state index contributed by atoms with van der Waals surface area (Å²) in [4.78, 5) is 8.24. The Morgan fingerprint density at radius 1 is 1.23 bits per heavy atom. The number of halogens is 1. The fraction of sp³-hybridized carbons (Fsp3) is 0.312. The number of hydrogen-bond donors (Lipinski definition) is 2. The molecular formula is C16H21IN4S. The van der Waals surface area contributed by atoms with Gasteiger partial charge in [0.05, 0.1) is 12.6 Å². The number of fused-ring (bicyclic) bond motifs is 1. The molecule has 1 aromatic heterocycles. The average Bonchev–Trinajstić information content (AvgIpc) is 2.96. The number of guanidine groups is 1. The van der Waals surface area contributed by atoms with Gasteiger partial charge in [0, 0.05) is 18.0 Å². The Labute approximate surface area is 152 Å². The van der Waals surface area contributed by atoms with E-state index in [1.165, 1.54) is 16.0 Å².